The van der Waals surface area contributed by atoms with Crippen molar-refractivity contribution in [1.82, 2.24) is 0 Å². The van der Waals surface area contributed by atoms with Crippen LogP contribution in [-0.4, -0.2) is 0 Å². The van der Waals surface area contributed by atoms with Crippen LogP contribution in [0.4, 0.5) is 0 Å². The first-order chi connectivity index (χ1) is 9.22. The summed E-state index contributed by atoms with van der Waals surface area (Å²) in [5.41, 5.74) is 1.30. The standard InChI is InChI=1S/C16H12BrClS/c17-14(9-11-5-7-13(18)8-6-11)16-10-12-3-1-2-4-15(12)19-16/h1-8,10,14H,9H2. The van der Waals surface area contributed by atoms with E-state index in [2.05, 4.69) is 58.4 Å². The highest BCUT2D eigenvalue weighted by atomic mass is 79.9. The van der Waals surface area contributed by atoms with E-state index >= 15 is 0 Å². The van der Waals surface area contributed by atoms with E-state index < -0.39 is 0 Å². The molecule has 0 aliphatic rings. The fraction of sp³-hybridized carbons (Fsp3) is 0.125. The number of rotatable bonds is 3. The Kier molecular flexibility index (Phi) is 3.92. The lowest BCUT2D eigenvalue weighted by atomic mass is 10.1. The predicted octanol–water partition coefficient (Wildman–Crippen LogP) is 6.23. The molecular weight excluding hydrogens is 340 g/mol. The highest BCUT2D eigenvalue weighted by Gasteiger charge is 2.12. The highest BCUT2D eigenvalue weighted by Crippen LogP contribution is 2.36. The molecule has 0 saturated heterocycles. The number of thiophene rings is 1. The number of halogens is 2. The molecule has 1 aromatic heterocycles. The normalized spacial score (nSPS) is 12.7. The van der Waals surface area contributed by atoms with Crippen molar-refractivity contribution in [3.8, 4) is 0 Å². The summed E-state index contributed by atoms with van der Waals surface area (Å²) in [6, 6.07) is 18.8. The van der Waals surface area contributed by atoms with Crippen LogP contribution in [0.15, 0.2) is 54.6 Å². The van der Waals surface area contributed by atoms with Crippen molar-refractivity contribution in [1.29, 1.82) is 0 Å². The van der Waals surface area contributed by atoms with Gasteiger partial charge in [0.05, 0.1) is 4.83 Å². The van der Waals surface area contributed by atoms with E-state index in [0.717, 1.165) is 11.4 Å². The fourth-order valence-electron chi connectivity index (χ4n) is 2.08. The van der Waals surface area contributed by atoms with E-state index in [1.165, 1.54) is 20.5 Å². The lowest BCUT2D eigenvalue weighted by Gasteiger charge is -2.07. The molecule has 0 radical (unpaired) electrons. The summed E-state index contributed by atoms with van der Waals surface area (Å²) in [5.74, 6) is 0. The van der Waals surface area contributed by atoms with Crippen molar-refractivity contribution in [2.75, 3.05) is 0 Å². The van der Waals surface area contributed by atoms with Gasteiger partial charge in [-0.3, -0.25) is 0 Å². The average molecular weight is 352 g/mol. The molecule has 0 N–H and O–H groups in total. The SMILES string of the molecule is Clc1ccc(CC(Br)c2cc3ccccc3s2)cc1. The molecule has 0 spiro atoms. The molecule has 0 nitrogen and oxygen atoms in total. The zero-order valence-corrected chi connectivity index (χ0v) is 13.3. The Hall–Kier alpha value is -0.830. The van der Waals surface area contributed by atoms with Crippen LogP contribution < -0.4 is 0 Å². The summed E-state index contributed by atoms with van der Waals surface area (Å²) in [6.45, 7) is 0. The van der Waals surface area contributed by atoms with Crippen molar-refractivity contribution in [3.05, 3.63) is 70.1 Å². The molecule has 96 valence electrons. The van der Waals surface area contributed by atoms with Crippen LogP contribution in [0.25, 0.3) is 10.1 Å². The summed E-state index contributed by atoms with van der Waals surface area (Å²) in [6.07, 6.45) is 0.976. The van der Waals surface area contributed by atoms with E-state index in [-0.39, 0.29) is 0 Å². The average Bonchev–Trinajstić information content (AvgIpc) is 2.85. The molecule has 1 heterocycles. The molecule has 1 atom stereocenters. The Morgan fingerprint density at radius 3 is 2.53 bits per heavy atom. The van der Waals surface area contributed by atoms with Crippen molar-refractivity contribution in [2.45, 2.75) is 11.2 Å². The fourth-order valence-corrected chi connectivity index (χ4v) is 4.04. The van der Waals surface area contributed by atoms with Gasteiger partial charge in [-0.2, -0.15) is 0 Å². The van der Waals surface area contributed by atoms with Crippen molar-refractivity contribution >= 4 is 49.0 Å². The van der Waals surface area contributed by atoms with Crippen molar-refractivity contribution in [2.24, 2.45) is 0 Å². The van der Waals surface area contributed by atoms with Crippen molar-refractivity contribution < 1.29 is 0 Å². The predicted molar refractivity (Wildman–Crippen MR) is 88.6 cm³/mol. The van der Waals surface area contributed by atoms with Gasteiger partial charge in [0, 0.05) is 14.6 Å². The Morgan fingerprint density at radius 2 is 1.79 bits per heavy atom. The second-order valence-corrected chi connectivity index (χ2v) is 7.14. The molecule has 2 aromatic carbocycles. The van der Waals surface area contributed by atoms with Gasteiger partial charge in [-0.05, 0) is 41.6 Å². The third-order valence-electron chi connectivity index (χ3n) is 3.08. The molecular formula is C16H12BrClS. The van der Waals surface area contributed by atoms with E-state index in [4.69, 9.17) is 11.6 Å². The lowest BCUT2D eigenvalue weighted by molar-refractivity contribution is 0.970. The lowest BCUT2D eigenvalue weighted by Crippen LogP contribution is -1.92. The molecule has 0 saturated carbocycles. The Balaban J connectivity index is 1.83. The first-order valence-electron chi connectivity index (χ1n) is 6.09. The molecule has 3 heteroatoms. The van der Waals surface area contributed by atoms with Gasteiger partial charge in [0.25, 0.3) is 0 Å². The van der Waals surface area contributed by atoms with Crippen LogP contribution in [0.3, 0.4) is 0 Å². The number of benzene rings is 2. The number of hydrogen-bond donors (Lipinski definition) is 0. The maximum absolute atomic E-state index is 5.91. The quantitative estimate of drug-likeness (QED) is 0.490. The van der Waals surface area contributed by atoms with E-state index in [9.17, 15) is 0 Å². The molecule has 0 amide bonds. The molecule has 1 unspecified atom stereocenters. The van der Waals surface area contributed by atoms with Crippen molar-refractivity contribution in [3.63, 3.8) is 0 Å². The molecule has 0 aliphatic carbocycles. The monoisotopic (exact) mass is 350 g/mol. The number of hydrogen-bond acceptors (Lipinski definition) is 1. The highest BCUT2D eigenvalue weighted by molar-refractivity contribution is 9.09. The van der Waals surface area contributed by atoms with Crippen LogP contribution in [-0.2, 0) is 6.42 Å². The summed E-state index contributed by atoms with van der Waals surface area (Å²) in [7, 11) is 0. The maximum atomic E-state index is 5.91. The molecule has 19 heavy (non-hydrogen) atoms. The summed E-state index contributed by atoms with van der Waals surface area (Å²) < 4.78 is 1.35. The van der Waals surface area contributed by atoms with Gasteiger partial charge >= 0.3 is 0 Å². The van der Waals surface area contributed by atoms with Gasteiger partial charge < -0.3 is 0 Å². The summed E-state index contributed by atoms with van der Waals surface area (Å²) >= 11 is 11.6. The minimum absolute atomic E-state index is 0.353. The third-order valence-corrected chi connectivity index (χ3v) is 5.68. The van der Waals surface area contributed by atoms with E-state index in [1.54, 1.807) is 0 Å². The summed E-state index contributed by atoms with van der Waals surface area (Å²) in [4.78, 5) is 1.72. The van der Waals surface area contributed by atoms with Gasteiger partial charge in [-0.1, -0.05) is 57.9 Å². The van der Waals surface area contributed by atoms with Gasteiger partial charge in [0.15, 0.2) is 0 Å². The topological polar surface area (TPSA) is 0 Å². The molecule has 3 aromatic rings. The van der Waals surface area contributed by atoms with Gasteiger partial charge in [-0.15, -0.1) is 11.3 Å². The zero-order chi connectivity index (χ0) is 13.2. The van der Waals surface area contributed by atoms with Gasteiger partial charge in [0.1, 0.15) is 0 Å². The Morgan fingerprint density at radius 1 is 1.05 bits per heavy atom. The zero-order valence-electron chi connectivity index (χ0n) is 10.1. The van der Waals surface area contributed by atoms with Crippen LogP contribution in [0.2, 0.25) is 5.02 Å². The van der Waals surface area contributed by atoms with E-state index in [1.807, 2.05) is 23.5 Å². The second-order valence-electron chi connectivity index (χ2n) is 4.48. The minimum Gasteiger partial charge on any atom is -0.139 e. The Labute approximate surface area is 130 Å². The number of alkyl halides is 1. The maximum Gasteiger partial charge on any atom is 0.0529 e. The number of fused-ring (bicyclic) bond motifs is 1. The van der Waals surface area contributed by atoms with Gasteiger partial charge in [-0.25, -0.2) is 0 Å². The van der Waals surface area contributed by atoms with Crippen LogP contribution in [0.1, 0.15) is 15.3 Å². The summed E-state index contributed by atoms with van der Waals surface area (Å²) in [5, 5.41) is 2.11. The molecule has 0 aliphatic heterocycles. The smallest absolute Gasteiger partial charge is 0.0529 e. The van der Waals surface area contributed by atoms with E-state index in [0.29, 0.717) is 4.83 Å². The molecule has 0 bridgehead atoms. The molecule has 3 rings (SSSR count). The second kappa shape index (κ2) is 5.66. The van der Waals surface area contributed by atoms with Crippen LogP contribution >= 0.6 is 38.9 Å². The first kappa shape index (κ1) is 13.2. The minimum atomic E-state index is 0.353. The van der Waals surface area contributed by atoms with Crippen LogP contribution in [0, 0.1) is 0 Å². The van der Waals surface area contributed by atoms with Gasteiger partial charge in [0.2, 0.25) is 0 Å². The first-order valence-corrected chi connectivity index (χ1v) is 8.20. The molecule has 0 fully saturated rings. The third kappa shape index (κ3) is 3.02. The largest absolute Gasteiger partial charge is 0.139 e. The Bertz CT molecular complexity index is 654. The van der Waals surface area contributed by atoms with Crippen LogP contribution in [0.5, 0.6) is 0 Å².